The lowest BCUT2D eigenvalue weighted by atomic mass is 10.4. The van der Waals surface area contributed by atoms with Crippen molar-refractivity contribution in [3.8, 4) is 0 Å². The highest BCUT2D eigenvalue weighted by Crippen LogP contribution is 2.25. The second kappa shape index (κ2) is 5.12. The highest BCUT2D eigenvalue weighted by atomic mass is 16.2. The molecule has 1 fully saturated rings. The molecule has 1 aliphatic rings. The molecule has 0 aliphatic heterocycles. The summed E-state index contributed by atoms with van der Waals surface area (Å²) in [6.07, 6.45) is 7.37. The van der Waals surface area contributed by atoms with Crippen molar-refractivity contribution in [3.05, 3.63) is 18.7 Å². The first kappa shape index (κ1) is 11.1. The summed E-state index contributed by atoms with van der Waals surface area (Å²) in [5.41, 5.74) is 0. The number of aromatic nitrogens is 2. The van der Waals surface area contributed by atoms with Crippen LogP contribution in [0.3, 0.4) is 0 Å². The van der Waals surface area contributed by atoms with Gasteiger partial charge in [0.25, 0.3) is 0 Å². The number of nitrogens with one attached hydrogen (secondary N) is 1. The van der Waals surface area contributed by atoms with E-state index in [1.807, 2.05) is 0 Å². The fourth-order valence-electron chi connectivity index (χ4n) is 1.82. The Labute approximate surface area is 95.5 Å². The van der Waals surface area contributed by atoms with E-state index in [1.165, 1.54) is 23.7 Å². The van der Waals surface area contributed by atoms with Crippen LogP contribution in [0.15, 0.2) is 18.7 Å². The molecule has 2 rings (SSSR count). The van der Waals surface area contributed by atoms with Gasteiger partial charge in [0.15, 0.2) is 0 Å². The summed E-state index contributed by atoms with van der Waals surface area (Å²) in [5, 5.41) is 2.87. The molecule has 0 bridgehead atoms. The predicted molar refractivity (Wildman–Crippen MR) is 61.3 cm³/mol. The lowest BCUT2D eigenvalue weighted by molar-refractivity contribution is 0.236. The molecular weight excluding hydrogens is 204 g/mol. The van der Waals surface area contributed by atoms with Gasteiger partial charge < -0.3 is 5.32 Å². The Morgan fingerprint density at radius 2 is 2.44 bits per heavy atom. The topological polar surface area (TPSA) is 50.2 Å². The minimum Gasteiger partial charge on any atom is -0.336 e. The number of hydrogen-bond acceptors (Lipinski definition) is 3. The van der Waals surface area contributed by atoms with Crippen LogP contribution in [-0.2, 0) is 0 Å². The maximum absolute atomic E-state index is 11.6. The molecule has 5 heteroatoms. The maximum atomic E-state index is 11.6. The van der Waals surface area contributed by atoms with E-state index in [1.54, 1.807) is 12.4 Å². The van der Waals surface area contributed by atoms with Crippen molar-refractivity contribution in [3.63, 3.8) is 0 Å². The summed E-state index contributed by atoms with van der Waals surface area (Å²) in [4.78, 5) is 17.8. The second-order valence-electron chi connectivity index (χ2n) is 4.06. The summed E-state index contributed by atoms with van der Waals surface area (Å²) in [6, 6.07) is 0.652. The van der Waals surface area contributed by atoms with Gasteiger partial charge in [0.2, 0.25) is 0 Å². The van der Waals surface area contributed by atoms with Gasteiger partial charge in [0.1, 0.15) is 6.33 Å². The molecule has 0 spiro atoms. The first-order valence-corrected chi connectivity index (χ1v) is 5.81. The van der Waals surface area contributed by atoms with Crippen LogP contribution in [0.2, 0.25) is 0 Å². The van der Waals surface area contributed by atoms with Crippen molar-refractivity contribution < 1.29 is 4.79 Å². The van der Waals surface area contributed by atoms with Crippen molar-refractivity contribution in [2.24, 2.45) is 0 Å². The summed E-state index contributed by atoms with van der Waals surface area (Å²) in [7, 11) is 0. The predicted octanol–water partition coefficient (Wildman–Crippen LogP) is 0.925. The Kier molecular flexibility index (Phi) is 3.56. The van der Waals surface area contributed by atoms with E-state index in [-0.39, 0.29) is 6.03 Å². The van der Waals surface area contributed by atoms with Gasteiger partial charge in [-0.3, -0.25) is 9.47 Å². The van der Waals surface area contributed by atoms with Crippen LogP contribution in [0.25, 0.3) is 0 Å². The number of imidazole rings is 1. The number of carbonyl (C=O) groups is 1. The molecule has 5 nitrogen and oxygen atoms in total. The highest BCUT2D eigenvalue weighted by Gasteiger charge is 2.27. The summed E-state index contributed by atoms with van der Waals surface area (Å²) in [6.45, 7) is 4.85. The Balaban J connectivity index is 1.69. The van der Waals surface area contributed by atoms with Gasteiger partial charge in [-0.2, -0.15) is 0 Å². The first-order chi connectivity index (χ1) is 7.81. The molecule has 16 heavy (non-hydrogen) atoms. The van der Waals surface area contributed by atoms with E-state index in [2.05, 4.69) is 22.1 Å². The number of nitrogens with zero attached hydrogens (tertiary/aromatic N) is 3. The molecule has 0 radical (unpaired) electrons. The van der Waals surface area contributed by atoms with Crippen molar-refractivity contribution in [1.29, 1.82) is 0 Å². The third-order valence-corrected chi connectivity index (χ3v) is 2.88. The Bertz CT molecular complexity index is 332. The number of amides is 1. The maximum Gasteiger partial charge on any atom is 0.326 e. The largest absolute Gasteiger partial charge is 0.336 e. The molecule has 1 amide bonds. The standard InChI is InChI=1S/C11H18N4O/c1-2-14(10-3-4-10)8-6-13-11(16)15-7-5-12-9-15/h5,7,9-10H,2-4,6,8H2,1H3,(H,13,16). The summed E-state index contributed by atoms with van der Waals surface area (Å²) >= 11 is 0. The summed E-state index contributed by atoms with van der Waals surface area (Å²) < 4.78 is 1.45. The average Bonchev–Trinajstić information content (AvgIpc) is 2.97. The van der Waals surface area contributed by atoms with E-state index in [0.717, 1.165) is 19.1 Å². The molecule has 0 atom stereocenters. The summed E-state index contributed by atoms with van der Waals surface area (Å²) in [5.74, 6) is 0. The van der Waals surface area contributed by atoms with Gasteiger partial charge >= 0.3 is 6.03 Å². The molecule has 1 N–H and O–H groups in total. The third kappa shape index (κ3) is 2.82. The quantitative estimate of drug-likeness (QED) is 0.806. The second-order valence-corrected chi connectivity index (χ2v) is 4.06. The van der Waals surface area contributed by atoms with Gasteiger partial charge in [-0.05, 0) is 19.4 Å². The molecular formula is C11H18N4O. The van der Waals surface area contributed by atoms with E-state index in [0.29, 0.717) is 6.54 Å². The first-order valence-electron chi connectivity index (χ1n) is 5.81. The molecule has 1 aromatic heterocycles. The Morgan fingerprint density at radius 1 is 1.62 bits per heavy atom. The van der Waals surface area contributed by atoms with Crippen molar-refractivity contribution >= 4 is 6.03 Å². The van der Waals surface area contributed by atoms with E-state index in [4.69, 9.17) is 0 Å². The van der Waals surface area contributed by atoms with Gasteiger partial charge in [-0.25, -0.2) is 9.78 Å². The van der Waals surface area contributed by atoms with Crippen LogP contribution < -0.4 is 5.32 Å². The minimum atomic E-state index is -0.107. The third-order valence-electron chi connectivity index (χ3n) is 2.88. The molecule has 88 valence electrons. The van der Waals surface area contributed by atoms with Gasteiger partial charge in [-0.15, -0.1) is 0 Å². The van der Waals surface area contributed by atoms with Crippen LogP contribution in [0.5, 0.6) is 0 Å². The molecule has 1 saturated carbocycles. The average molecular weight is 222 g/mol. The van der Waals surface area contributed by atoms with Crippen LogP contribution in [0.1, 0.15) is 19.8 Å². The van der Waals surface area contributed by atoms with Crippen LogP contribution >= 0.6 is 0 Å². The molecule has 1 heterocycles. The highest BCUT2D eigenvalue weighted by molar-refractivity contribution is 5.76. The monoisotopic (exact) mass is 222 g/mol. The number of carbonyl (C=O) groups excluding carboxylic acids is 1. The molecule has 0 aromatic carbocycles. The van der Waals surface area contributed by atoms with Crippen molar-refractivity contribution in [2.75, 3.05) is 19.6 Å². The molecule has 0 saturated heterocycles. The zero-order chi connectivity index (χ0) is 11.4. The lowest BCUT2D eigenvalue weighted by Crippen LogP contribution is -2.37. The zero-order valence-electron chi connectivity index (χ0n) is 9.59. The SMILES string of the molecule is CCN(CCNC(=O)n1ccnc1)C1CC1. The van der Waals surface area contributed by atoms with E-state index >= 15 is 0 Å². The normalized spacial score (nSPS) is 15.4. The van der Waals surface area contributed by atoms with Gasteiger partial charge in [0.05, 0.1) is 0 Å². The zero-order valence-corrected chi connectivity index (χ0v) is 9.59. The van der Waals surface area contributed by atoms with E-state index < -0.39 is 0 Å². The number of hydrogen-bond donors (Lipinski definition) is 1. The fraction of sp³-hybridized carbons (Fsp3) is 0.636. The Morgan fingerprint density at radius 3 is 3.00 bits per heavy atom. The number of likely N-dealkylation sites (N-methyl/N-ethyl adjacent to an activating group) is 1. The van der Waals surface area contributed by atoms with Crippen LogP contribution in [0.4, 0.5) is 4.79 Å². The molecule has 0 unspecified atom stereocenters. The van der Waals surface area contributed by atoms with Crippen molar-refractivity contribution in [2.45, 2.75) is 25.8 Å². The smallest absolute Gasteiger partial charge is 0.326 e. The van der Waals surface area contributed by atoms with Crippen LogP contribution in [0, 0.1) is 0 Å². The lowest BCUT2D eigenvalue weighted by Gasteiger charge is -2.19. The Hall–Kier alpha value is -1.36. The van der Waals surface area contributed by atoms with Gasteiger partial charge in [-0.1, -0.05) is 6.92 Å². The van der Waals surface area contributed by atoms with Gasteiger partial charge in [0, 0.05) is 31.5 Å². The van der Waals surface area contributed by atoms with Crippen molar-refractivity contribution in [1.82, 2.24) is 19.8 Å². The van der Waals surface area contributed by atoms with Crippen LogP contribution in [-0.4, -0.2) is 46.2 Å². The minimum absolute atomic E-state index is 0.107. The van der Waals surface area contributed by atoms with E-state index in [9.17, 15) is 4.79 Å². The molecule has 1 aliphatic carbocycles. The molecule has 1 aromatic rings. The fourth-order valence-corrected chi connectivity index (χ4v) is 1.82. The number of rotatable bonds is 5.